The summed E-state index contributed by atoms with van der Waals surface area (Å²) in [6.45, 7) is 2.11. The van der Waals surface area contributed by atoms with Gasteiger partial charge >= 0.3 is 0 Å². The third-order valence-corrected chi connectivity index (χ3v) is 2.36. The van der Waals surface area contributed by atoms with Crippen molar-refractivity contribution >= 4 is 17.1 Å². The molecule has 0 amide bonds. The molecule has 0 aliphatic heterocycles. The highest BCUT2D eigenvalue weighted by Crippen LogP contribution is 2.23. The molecule has 0 spiro atoms. The minimum atomic E-state index is 0.0717. The van der Waals surface area contributed by atoms with Crippen molar-refractivity contribution in [3.05, 3.63) is 0 Å². The summed E-state index contributed by atoms with van der Waals surface area (Å²) in [4.78, 5) is 1.21. The highest BCUT2D eigenvalue weighted by atomic mass is 32.1. The second-order valence-corrected chi connectivity index (χ2v) is 3.77. The molecule has 1 nitrogen and oxygen atoms in total. The fraction of sp³-hybridized carbons (Fsp3) is 0.857. The van der Waals surface area contributed by atoms with E-state index in [4.69, 9.17) is 18.0 Å². The molecule has 0 aromatic heterocycles. The van der Waals surface area contributed by atoms with Crippen LogP contribution < -0.4 is 5.73 Å². The van der Waals surface area contributed by atoms with E-state index >= 15 is 0 Å². The zero-order valence-corrected chi connectivity index (χ0v) is 6.63. The summed E-state index contributed by atoms with van der Waals surface area (Å²) in [7, 11) is 0. The summed E-state index contributed by atoms with van der Waals surface area (Å²) < 4.78 is 0. The van der Waals surface area contributed by atoms with Crippen molar-refractivity contribution in [2.45, 2.75) is 38.1 Å². The van der Waals surface area contributed by atoms with Crippen LogP contribution in [0, 0.1) is 0 Å². The largest absolute Gasteiger partial charge is 0.325 e. The van der Waals surface area contributed by atoms with Crippen molar-refractivity contribution in [3.63, 3.8) is 0 Å². The first kappa shape index (κ1) is 7.16. The van der Waals surface area contributed by atoms with E-state index < -0.39 is 0 Å². The monoisotopic (exact) mass is 143 g/mol. The predicted octanol–water partition coefficient (Wildman–Crippen LogP) is 1.65. The third-order valence-electron chi connectivity index (χ3n) is 1.95. The maximum absolute atomic E-state index is 5.88. The van der Waals surface area contributed by atoms with Gasteiger partial charge < -0.3 is 5.73 Å². The van der Waals surface area contributed by atoms with Crippen LogP contribution in [0.25, 0.3) is 0 Å². The maximum Gasteiger partial charge on any atom is 0.0132 e. The van der Waals surface area contributed by atoms with Gasteiger partial charge in [0.05, 0.1) is 0 Å². The number of hydrogen-bond acceptors (Lipinski definition) is 2. The first-order valence-electron chi connectivity index (χ1n) is 3.41. The van der Waals surface area contributed by atoms with Gasteiger partial charge in [-0.25, -0.2) is 0 Å². The molecule has 0 bridgehead atoms. The van der Waals surface area contributed by atoms with E-state index in [-0.39, 0.29) is 5.54 Å². The number of thiocarbonyl (C=S) groups is 1. The van der Waals surface area contributed by atoms with Gasteiger partial charge in [-0.2, -0.15) is 0 Å². The molecule has 0 aromatic carbocycles. The molecule has 1 aliphatic carbocycles. The van der Waals surface area contributed by atoms with E-state index in [0.29, 0.717) is 0 Å². The Morgan fingerprint density at radius 1 is 1.44 bits per heavy atom. The lowest BCUT2D eigenvalue weighted by Crippen LogP contribution is -2.39. The van der Waals surface area contributed by atoms with Crippen LogP contribution in [0.4, 0.5) is 0 Å². The normalized spacial score (nSPS) is 26.2. The predicted molar refractivity (Wildman–Crippen MR) is 43.7 cm³/mol. The Labute approximate surface area is 61.6 Å². The molecule has 52 valence electrons. The summed E-state index contributed by atoms with van der Waals surface area (Å²) in [6.07, 6.45) is 4.27. The summed E-state index contributed by atoms with van der Waals surface area (Å²) >= 11 is 5.05. The molecule has 0 aromatic rings. The van der Waals surface area contributed by atoms with Crippen LogP contribution in [0.5, 0.6) is 0 Å². The van der Waals surface area contributed by atoms with Crippen LogP contribution >= 0.6 is 12.2 Å². The lowest BCUT2D eigenvalue weighted by Gasteiger charge is -2.29. The van der Waals surface area contributed by atoms with Gasteiger partial charge in [0.15, 0.2) is 0 Å². The molecule has 1 fully saturated rings. The second-order valence-electron chi connectivity index (χ2n) is 3.19. The molecular formula is C7H13NS. The summed E-state index contributed by atoms with van der Waals surface area (Å²) in [5, 5.41) is 0. The Morgan fingerprint density at radius 2 is 1.89 bits per heavy atom. The van der Waals surface area contributed by atoms with E-state index in [2.05, 4.69) is 6.92 Å². The zero-order chi connectivity index (χ0) is 6.91. The number of rotatable bonds is 0. The molecule has 1 aliphatic rings. The van der Waals surface area contributed by atoms with Crippen molar-refractivity contribution < 1.29 is 0 Å². The Morgan fingerprint density at radius 3 is 2.22 bits per heavy atom. The Kier molecular flexibility index (Phi) is 1.87. The first-order valence-corrected chi connectivity index (χ1v) is 3.82. The molecule has 0 atom stereocenters. The van der Waals surface area contributed by atoms with E-state index in [0.717, 1.165) is 25.7 Å². The van der Waals surface area contributed by atoms with Gasteiger partial charge in [-0.3, -0.25) is 0 Å². The third kappa shape index (κ3) is 2.03. The minimum Gasteiger partial charge on any atom is -0.325 e. The highest BCUT2D eigenvalue weighted by Gasteiger charge is 2.23. The molecular weight excluding hydrogens is 130 g/mol. The van der Waals surface area contributed by atoms with Crippen molar-refractivity contribution in [1.29, 1.82) is 0 Å². The second kappa shape index (κ2) is 2.35. The molecule has 1 saturated carbocycles. The average molecular weight is 143 g/mol. The van der Waals surface area contributed by atoms with Gasteiger partial charge in [0.2, 0.25) is 0 Å². The van der Waals surface area contributed by atoms with Crippen LogP contribution in [-0.2, 0) is 0 Å². The van der Waals surface area contributed by atoms with Gasteiger partial charge in [-0.05, 0) is 37.5 Å². The van der Waals surface area contributed by atoms with Crippen LogP contribution in [0.3, 0.4) is 0 Å². The smallest absolute Gasteiger partial charge is 0.0132 e. The van der Waals surface area contributed by atoms with Gasteiger partial charge in [-0.1, -0.05) is 12.2 Å². The lowest BCUT2D eigenvalue weighted by atomic mass is 9.84. The topological polar surface area (TPSA) is 26.0 Å². The summed E-state index contributed by atoms with van der Waals surface area (Å²) in [5.74, 6) is 0. The molecule has 0 radical (unpaired) electrons. The zero-order valence-electron chi connectivity index (χ0n) is 5.81. The summed E-state index contributed by atoms with van der Waals surface area (Å²) in [5.41, 5.74) is 5.95. The fourth-order valence-electron chi connectivity index (χ4n) is 1.10. The average Bonchev–Trinajstić information content (AvgIpc) is 1.78. The molecule has 2 heteroatoms. The SMILES string of the molecule is CC1(N)CCC(=S)CC1. The molecule has 0 heterocycles. The van der Waals surface area contributed by atoms with Gasteiger partial charge in [-0.15, -0.1) is 0 Å². The van der Waals surface area contributed by atoms with Gasteiger partial charge in [0, 0.05) is 5.54 Å². The van der Waals surface area contributed by atoms with Gasteiger partial charge in [0.25, 0.3) is 0 Å². The van der Waals surface area contributed by atoms with Crippen molar-refractivity contribution in [2.24, 2.45) is 5.73 Å². The van der Waals surface area contributed by atoms with Crippen LogP contribution in [0.1, 0.15) is 32.6 Å². The summed E-state index contributed by atoms with van der Waals surface area (Å²) in [6, 6.07) is 0. The number of hydrogen-bond donors (Lipinski definition) is 1. The number of nitrogens with two attached hydrogens (primary N) is 1. The van der Waals surface area contributed by atoms with Crippen molar-refractivity contribution in [1.82, 2.24) is 0 Å². The van der Waals surface area contributed by atoms with E-state index in [9.17, 15) is 0 Å². The van der Waals surface area contributed by atoms with Crippen molar-refractivity contribution in [2.75, 3.05) is 0 Å². The van der Waals surface area contributed by atoms with E-state index in [1.807, 2.05) is 0 Å². The minimum absolute atomic E-state index is 0.0717. The molecule has 2 N–H and O–H groups in total. The molecule has 0 unspecified atom stereocenters. The Bertz CT molecular complexity index is 117. The van der Waals surface area contributed by atoms with Crippen LogP contribution in [0.2, 0.25) is 0 Å². The van der Waals surface area contributed by atoms with Crippen molar-refractivity contribution in [3.8, 4) is 0 Å². The highest BCUT2D eigenvalue weighted by molar-refractivity contribution is 7.80. The Hall–Kier alpha value is 0.0500. The van der Waals surface area contributed by atoms with E-state index in [1.165, 1.54) is 4.86 Å². The van der Waals surface area contributed by atoms with Gasteiger partial charge in [0.1, 0.15) is 0 Å². The maximum atomic E-state index is 5.88. The molecule has 0 saturated heterocycles. The van der Waals surface area contributed by atoms with E-state index in [1.54, 1.807) is 0 Å². The Balaban J connectivity index is 2.44. The van der Waals surface area contributed by atoms with Crippen LogP contribution in [0.15, 0.2) is 0 Å². The fourth-order valence-corrected chi connectivity index (χ4v) is 1.30. The quantitative estimate of drug-likeness (QED) is 0.522. The lowest BCUT2D eigenvalue weighted by molar-refractivity contribution is 0.396. The first-order chi connectivity index (χ1) is 4.10. The standard InChI is InChI=1S/C7H13NS/c1-7(8)4-2-6(9)3-5-7/h2-5,8H2,1H3. The van der Waals surface area contributed by atoms with Crippen LogP contribution in [-0.4, -0.2) is 10.4 Å². The molecule has 9 heavy (non-hydrogen) atoms. The molecule has 1 rings (SSSR count).